The molecule has 1 N–H and O–H groups in total. The van der Waals surface area contributed by atoms with E-state index in [-0.39, 0.29) is 12.0 Å². The number of aliphatic hydroxyl groups excluding tert-OH is 1. The summed E-state index contributed by atoms with van der Waals surface area (Å²) in [6.07, 6.45) is 1.99. The molecule has 2 rings (SSSR count). The summed E-state index contributed by atoms with van der Waals surface area (Å²) >= 11 is 1.63. The van der Waals surface area contributed by atoms with Gasteiger partial charge in [-0.2, -0.15) is 0 Å². The van der Waals surface area contributed by atoms with Crippen LogP contribution >= 0.6 is 11.3 Å². The van der Waals surface area contributed by atoms with Gasteiger partial charge in [-0.05, 0) is 17.9 Å². The van der Waals surface area contributed by atoms with Crippen LogP contribution in [0.25, 0.3) is 10.2 Å². The lowest BCUT2D eigenvalue weighted by Crippen LogP contribution is -2.15. The summed E-state index contributed by atoms with van der Waals surface area (Å²) in [5.74, 6) is 0.0687. The summed E-state index contributed by atoms with van der Waals surface area (Å²) in [5, 5.41) is 11.8. The SMILES string of the molecule is CCC(O)C(C)c1ncnc2ccsc12. The first-order valence-electron chi connectivity index (χ1n) is 5.10. The van der Waals surface area contributed by atoms with E-state index < -0.39 is 0 Å². The highest BCUT2D eigenvalue weighted by Crippen LogP contribution is 2.29. The van der Waals surface area contributed by atoms with Crippen LogP contribution in [0.5, 0.6) is 0 Å². The monoisotopic (exact) mass is 222 g/mol. The van der Waals surface area contributed by atoms with Gasteiger partial charge in [-0.25, -0.2) is 9.97 Å². The maximum absolute atomic E-state index is 9.82. The van der Waals surface area contributed by atoms with E-state index in [1.54, 1.807) is 17.7 Å². The summed E-state index contributed by atoms with van der Waals surface area (Å²) in [6.45, 7) is 3.99. The van der Waals surface area contributed by atoms with Crippen molar-refractivity contribution < 1.29 is 5.11 Å². The fraction of sp³-hybridized carbons (Fsp3) is 0.455. The van der Waals surface area contributed by atoms with Crippen molar-refractivity contribution in [3.05, 3.63) is 23.5 Å². The van der Waals surface area contributed by atoms with Gasteiger partial charge in [-0.1, -0.05) is 13.8 Å². The van der Waals surface area contributed by atoms with Crippen LogP contribution in [0.1, 0.15) is 31.9 Å². The standard InChI is InChI=1S/C11H14N2OS/c1-3-9(14)7(2)10-11-8(4-5-15-11)12-6-13-10/h4-7,9,14H,3H2,1-2H3. The first-order valence-corrected chi connectivity index (χ1v) is 5.98. The average molecular weight is 222 g/mol. The van der Waals surface area contributed by atoms with Gasteiger partial charge in [0, 0.05) is 5.92 Å². The number of aromatic nitrogens is 2. The molecule has 2 heterocycles. The molecule has 0 bridgehead atoms. The molecule has 0 fully saturated rings. The average Bonchev–Trinajstić information content (AvgIpc) is 2.74. The van der Waals surface area contributed by atoms with Gasteiger partial charge >= 0.3 is 0 Å². The number of nitrogens with zero attached hydrogens (tertiary/aromatic N) is 2. The Labute approximate surface area is 92.8 Å². The van der Waals surface area contributed by atoms with Crippen molar-refractivity contribution in [2.45, 2.75) is 32.3 Å². The van der Waals surface area contributed by atoms with E-state index in [4.69, 9.17) is 0 Å². The van der Waals surface area contributed by atoms with Crippen LogP contribution in [-0.2, 0) is 0 Å². The third-order valence-electron chi connectivity index (χ3n) is 2.70. The van der Waals surface area contributed by atoms with Crippen LogP contribution in [0.4, 0.5) is 0 Å². The van der Waals surface area contributed by atoms with Crippen molar-refractivity contribution in [1.82, 2.24) is 9.97 Å². The molecule has 0 aliphatic rings. The first-order chi connectivity index (χ1) is 7.24. The molecule has 2 aromatic rings. The van der Waals surface area contributed by atoms with Crippen LogP contribution in [0, 0.1) is 0 Å². The Balaban J connectivity index is 2.46. The second kappa shape index (κ2) is 4.24. The van der Waals surface area contributed by atoms with Gasteiger partial charge < -0.3 is 5.11 Å². The molecule has 0 amide bonds. The highest BCUT2D eigenvalue weighted by Gasteiger charge is 2.18. The molecule has 0 spiro atoms. The molecule has 80 valence electrons. The number of hydrogen-bond donors (Lipinski definition) is 1. The van der Waals surface area contributed by atoms with Gasteiger partial charge in [-0.15, -0.1) is 11.3 Å². The molecule has 4 heteroatoms. The van der Waals surface area contributed by atoms with Crippen LogP contribution in [0.15, 0.2) is 17.8 Å². The fourth-order valence-electron chi connectivity index (χ4n) is 1.67. The number of rotatable bonds is 3. The molecule has 15 heavy (non-hydrogen) atoms. The summed E-state index contributed by atoms with van der Waals surface area (Å²) in [6, 6.07) is 1.98. The minimum Gasteiger partial charge on any atom is -0.392 e. The van der Waals surface area contributed by atoms with E-state index in [0.717, 1.165) is 22.3 Å². The van der Waals surface area contributed by atoms with Gasteiger partial charge in [0.2, 0.25) is 0 Å². The summed E-state index contributed by atoms with van der Waals surface area (Å²) in [4.78, 5) is 8.47. The van der Waals surface area contributed by atoms with Crippen molar-refractivity contribution in [3.63, 3.8) is 0 Å². The second-order valence-electron chi connectivity index (χ2n) is 3.66. The van der Waals surface area contributed by atoms with Crippen molar-refractivity contribution in [2.24, 2.45) is 0 Å². The summed E-state index contributed by atoms with van der Waals surface area (Å²) in [5.41, 5.74) is 1.93. The van der Waals surface area contributed by atoms with E-state index >= 15 is 0 Å². The molecule has 0 aliphatic heterocycles. The van der Waals surface area contributed by atoms with Crippen LogP contribution < -0.4 is 0 Å². The number of thiophene rings is 1. The predicted octanol–water partition coefficient (Wildman–Crippen LogP) is 2.57. The smallest absolute Gasteiger partial charge is 0.116 e. The van der Waals surface area contributed by atoms with Gasteiger partial charge in [0.1, 0.15) is 6.33 Å². The Bertz CT molecular complexity index is 455. The molecule has 2 atom stereocenters. The highest BCUT2D eigenvalue weighted by atomic mass is 32.1. The highest BCUT2D eigenvalue weighted by molar-refractivity contribution is 7.17. The Morgan fingerprint density at radius 1 is 1.47 bits per heavy atom. The minimum absolute atomic E-state index is 0.0687. The zero-order chi connectivity index (χ0) is 10.8. The third kappa shape index (κ3) is 1.87. The molecule has 0 saturated heterocycles. The molecule has 0 saturated carbocycles. The number of fused-ring (bicyclic) bond motifs is 1. The molecular formula is C11H14N2OS. The Hall–Kier alpha value is -1.000. The zero-order valence-electron chi connectivity index (χ0n) is 8.84. The molecule has 2 unspecified atom stereocenters. The van der Waals surface area contributed by atoms with Gasteiger partial charge in [0.05, 0.1) is 22.0 Å². The normalized spacial score (nSPS) is 15.4. The van der Waals surface area contributed by atoms with Gasteiger partial charge in [-0.3, -0.25) is 0 Å². The molecule has 2 aromatic heterocycles. The topological polar surface area (TPSA) is 46.0 Å². The van der Waals surface area contributed by atoms with Gasteiger partial charge in [0.15, 0.2) is 0 Å². The van der Waals surface area contributed by atoms with E-state index in [9.17, 15) is 5.11 Å². The van der Waals surface area contributed by atoms with E-state index in [1.165, 1.54) is 0 Å². The lowest BCUT2D eigenvalue weighted by molar-refractivity contribution is 0.144. The third-order valence-corrected chi connectivity index (χ3v) is 3.62. The van der Waals surface area contributed by atoms with Crippen LogP contribution in [-0.4, -0.2) is 21.2 Å². The Morgan fingerprint density at radius 2 is 2.27 bits per heavy atom. The molecular weight excluding hydrogens is 208 g/mol. The lowest BCUT2D eigenvalue weighted by atomic mass is 9.98. The van der Waals surface area contributed by atoms with Crippen LogP contribution in [0.2, 0.25) is 0 Å². The minimum atomic E-state index is -0.329. The maximum Gasteiger partial charge on any atom is 0.116 e. The predicted molar refractivity (Wildman–Crippen MR) is 62.1 cm³/mol. The summed E-state index contributed by atoms with van der Waals surface area (Å²) < 4.78 is 1.09. The quantitative estimate of drug-likeness (QED) is 0.868. The molecule has 0 aliphatic carbocycles. The number of hydrogen-bond acceptors (Lipinski definition) is 4. The van der Waals surface area contributed by atoms with Crippen LogP contribution in [0.3, 0.4) is 0 Å². The Morgan fingerprint density at radius 3 is 3.00 bits per heavy atom. The van der Waals surface area contributed by atoms with E-state index in [0.29, 0.717) is 0 Å². The Kier molecular flexibility index (Phi) is 2.98. The summed E-state index contributed by atoms with van der Waals surface area (Å²) in [7, 11) is 0. The molecule has 0 radical (unpaired) electrons. The maximum atomic E-state index is 9.82. The fourth-order valence-corrected chi connectivity index (χ4v) is 2.60. The van der Waals surface area contributed by atoms with Gasteiger partial charge in [0.25, 0.3) is 0 Å². The first kappa shape index (κ1) is 10.5. The number of aliphatic hydroxyl groups is 1. The molecule has 0 aromatic carbocycles. The second-order valence-corrected chi connectivity index (χ2v) is 4.57. The zero-order valence-corrected chi connectivity index (χ0v) is 9.66. The van der Waals surface area contributed by atoms with Crippen molar-refractivity contribution >= 4 is 21.6 Å². The van der Waals surface area contributed by atoms with E-state index in [2.05, 4.69) is 9.97 Å². The molecule has 3 nitrogen and oxygen atoms in total. The van der Waals surface area contributed by atoms with E-state index in [1.807, 2.05) is 25.3 Å². The van der Waals surface area contributed by atoms with Crippen molar-refractivity contribution in [1.29, 1.82) is 0 Å². The van der Waals surface area contributed by atoms with Crippen molar-refractivity contribution in [3.8, 4) is 0 Å². The van der Waals surface area contributed by atoms with Crippen molar-refractivity contribution in [2.75, 3.05) is 0 Å². The lowest BCUT2D eigenvalue weighted by Gasteiger charge is -2.16. The largest absolute Gasteiger partial charge is 0.392 e.